The number of unbranched alkanes of at least 4 members (excludes halogenated alkanes) is 2. The van der Waals surface area contributed by atoms with E-state index in [-0.39, 0.29) is 25.4 Å². The van der Waals surface area contributed by atoms with Gasteiger partial charge in [-0.2, -0.15) is 0 Å². The topological polar surface area (TPSA) is 125 Å². The molecule has 0 aliphatic heterocycles. The number of hydrogen-bond donors (Lipinski definition) is 3. The molecule has 0 unspecified atom stereocenters. The molecule has 252 valence electrons. The van der Waals surface area contributed by atoms with Crippen LogP contribution in [0.2, 0.25) is 0 Å². The monoisotopic (exact) mass is 661 g/mol. The minimum Gasteiger partial charge on any atom is -0.481 e. The Balaban J connectivity index is 1.53. The van der Waals surface area contributed by atoms with E-state index < -0.39 is 40.8 Å². The number of carboxylic acid groups (broad SMARTS) is 1. The average molecular weight is 662 g/mol. The molecule has 3 amide bonds. The molecule has 0 aromatic heterocycles. The van der Waals surface area contributed by atoms with Gasteiger partial charge in [0.2, 0.25) is 11.8 Å². The molecule has 3 aromatic carbocycles. The molecule has 0 saturated carbocycles. The van der Waals surface area contributed by atoms with E-state index in [1.54, 1.807) is 27.8 Å². The van der Waals surface area contributed by atoms with E-state index in [4.69, 9.17) is 4.74 Å². The van der Waals surface area contributed by atoms with Crippen LogP contribution in [0.1, 0.15) is 69.6 Å². The van der Waals surface area contributed by atoms with Gasteiger partial charge in [-0.3, -0.25) is 14.4 Å². The van der Waals surface area contributed by atoms with E-state index in [9.17, 15) is 24.3 Å². The Labute approximate surface area is 282 Å². The predicted octanol–water partition coefficient (Wildman–Crippen LogP) is 6.21. The van der Waals surface area contributed by atoms with Gasteiger partial charge >= 0.3 is 12.1 Å². The fourth-order valence-electron chi connectivity index (χ4n) is 5.11. The van der Waals surface area contributed by atoms with Crippen LogP contribution in [0, 0.1) is 0 Å². The zero-order valence-corrected chi connectivity index (χ0v) is 28.6. The van der Waals surface area contributed by atoms with Crippen LogP contribution in [0.25, 0.3) is 0 Å². The zero-order valence-electron chi connectivity index (χ0n) is 27.7. The predicted molar refractivity (Wildman–Crippen MR) is 186 cm³/mol. The molecule has 3 N–H and O–H groups in total. The lowest BCUT2D eigenvalue weighted by molar-refractivity contribution is -0.140. The van der Waals surface area contributed by atoms with Crippen LogP contribution in [0.4, 0.5) is 4.79 Å². The second kappa shape index (κ2) is 18.1. The summed E-state index contributed by atoms with van der Waals surface area (Å²) >= 11 is 1.87. The molecule has 3 rings (SSSR count). The van der Waals surface area contributed by atoms with Gasteiger partial charge in [0.25, 0.3) is 0 Å². The molecule has 0 aliphatic rings. The van der Waals surface area contributed by atoms with Crippen molar-refractivity contribution in [2.45, 2.75) is 69.3 Å². The van der Waals surface area contributed by atoms with Crippen LogP contribution in [-0.2, 0) is 23.9 Å². The van der Waals surface area contributed by atoms with Gasteiger partial charge in [0.05, 0.1) is 11.2 Å². The first-order chi connectivity index (χ1) is 22.4. The van der Waals surface area contributed by atoms with Gasteiger partial charge in [-0.1, -0.05) is 97.4 Å². The van der Waals surface area contributed by atoms with Crippen molar-refractivity contribution in [3.05, 3.63) is 108 Å². The number of aliphatic carboxylic acids is 1. The first-order valence-corrected chi connectivity index (χ1v) is 16.9. The van der Waals surface area contributed by atoms with Crippen molar-refractivity contribution < 1.29 is 29.0 Å². The van der Waals surface area contributed by atoms with Gasteiger partial charge in [0, 0.05) is 26.6 Å². The molecular weight excluding hydrogens is 614 g/mol. The highest BCUT2D eigenvalue weighted by atomic mass is 32.2. The standard InChI is InChI=1S/C37H47N3O6S/c1-36(2,3)46-35(45)40(4)25-24-38-34(44)31(27-33(42)43)39-32(41)23-15-8-16-26-47-37(28-17-9-5-10-18-28,29-19-11-6-12-20-29)30-21-13-7-14-22-30/h5-7,9-14,17-22,31H,8,15-16,23-27H2,1-4H3,(H,38,44)(H,39,41)(H,42,43)/t31-/m0/s1. The molecule has 0 heterocycles. The Kier molecular flexibility index (Phi) is 14.3. The van der Waals surface area contributed by atoms with Gasteiger partial charge in [0.15, 0.2) is 0 Å². The summed E-state index contributed by atoms with van der Waals surface area (Å²) in [7, 11) is 1.54. The summed E-state index contributed by atoms with van der Waals surface area (Å²) in [5.41, 5.74) is 2.93. The van der Waals surface area contributed by atoms with Crippen molar-refractivity contribution in [1.82, 2.24) is 15.5 Å². The summed E-state index contributed by atoms with van der Waals surface area (Å²) in [5, 5.41) is 14.5. The van der Waals surface area contributed by atoms with Crippen molar-refractivity contribution >= 4 is 35.6 Å². The summed E-state index contributed by atoms with van der Waals surface area (Å²) in [6.45, 7) is 5.51. The lowest BCUT2D eigenvalue weighted by Crippen LogP contribution is -2.49. The van der Waals surface area contributed by atoms with Gasteiger partial charge in [0.1, 0.15) is 11.6 Å². The van der Waals surface area contributed by atoms with E-state index in [2.05, 4.69) is 83.4 Å². The number of amides is 3. The molecule has 0 saturated heterocycles. The van der Waals surface area contributed by atoms with Crippen molar-refractivity contribution in [2.75, 3.05) is 25.9 Å². The molecular formula is C37H47N3O6S. The maximum atomic E-state index is 12.7. The maximum Gasteiger partial charge on any atom is 0.410 e. The second-order valence-electron chi connectivity index (χ2n) is 12.3. The number of likely N-dealkylation sites (N-methyl/N-ethyl adjacent to an activating group) is 1. The number of hydrogen-bond acceptors (Lipinski definition) is 6. The summed E-state index contributed by atoms with van der Waals surface area (Å²) < 4.78 is 4.88. The fraction of sp³-hybridized carbons (Fsp3) is 0.405. The summed E-state index contributed by atoms with van der Waals surface area (Å²) in [4.78, 5) is 50.3. The Bertz CT molecular complexity index is 1330. The Morgan fingerprint density at radius 1 is 0.809 bits per heavy atom. The highest BCUT2D eigenvalue weighted by Crippen LogP contribution is 2.48. The van der Waals surface area contributed by atoms with Gasteiger partial charge in [-0.25, -0.2) is 4.79 Å². The Hall–Kier alpha value is -4.31. The molecule has 9 nitrogen and oxygen atoms in total. The number of carbonyl (C=O) groups is 4. The average Bonchev–Trinajstić information content (AvgIpc) is 3.04. The van der Waals surface area contributed by atoms with Crippen LogP contribution in [0.5, 0.6) is 0 Å². The molecule has 1 atom stereocenters. The number of rotatable bonds is 17. The van der Waals surface area contributed by atoms with Crippen LogP contribution in [-0.4, -0.2) is 71.4 Å². The lowest BCUT2D eigenvalue weighted by Gasteiger charge is -2.35. The number of carbonyl (C=O) groups excluding carboxylic acids is 3. The molecule has 10 heteroatoms. The number of carboxylic acids is 1. The summed E-state index contributed by atoms with van der Waals surface area (Å²) in [5.74, 6) is -1.35. The van der Waals surface area contributed by atoms with E-state index >= 15 is 0 Å². The number of nitrogens with one attached hydrogen (secondary N) is 2. The normalized spacial score (nSPS) is 12.1. The quantitative estimate of drug-likeness (QED) is 0.116. The maximum absolute atomic E-state index is 12.7. The van der Waals surface area contributed by atoms with E-state index in [1.807, 2.05) is 30.0 Å². The zero-order chi connectivity index (χ0) is 34.3. The smallest absolute Gasteiger partial charge is 0.410 e. The van der Waals surface area contributed by atoms with Crippen molar-refractivity contribution in [3.8, 4) is 0 Å². The third kappa shape index (κ3) is 11.8. The Morgan fingerprint density at radius 2 is 1.32 bits per heavy atom. The van der Waals surface area contributed by atoms with Gasteiger partial charge in [-0.15, -0.1) is 11.8 Å². The third-order valence-corrected chi connectivity index (χ3v) is 9.02. The largest absolute Gasteiger partial charge is 0.481 e. The van der Waals surface area contributed by atoms with Crippen molar-refractivity contribution in [3.63, 3.8) is 0 Å². The van der Waals surface area contributed by atoms with E-state index in [0.717, 1.165) is 18.6 Å². The van der Waals surface area contributed by atoms with E-state index in [1.165, 1.54) is 21.6 Å². The highest BCUT2D eigenvalue weighted by molar-refractivity contribution is 8.00. The number of ether oxygens (including phenoxy) is 1. The SMILES string of the molecule is CN(CCNC(=O)[C@H](CC(=O)O)NC(=O)CCCCCSC(c1ccccc1)(c1ccccc1)c1ccccc1)C(=O)OC(C)(C)C. The number of benzene rings is 3. The molecule has 3 aromatic rings. The van der Waals surface area contributed by atoms with Gasteiger partial charge < -0.3 is 25.4 Å². The van der Waals surface area contributed by atoms with Crippen LogP contribution in [0.3, 0.4) is 0 Å². The fourth-order valence-corrected chi connectivity index (χ4v) is 6.67. The number of thioether (sulfide) groups is 1. The molecule has 0 bridgehead atoms. The first-order valence-electron chi connectivity index (χ1n) is 16.0. The van der Waals surface area contributed by atoms with Crippen molar-refractivity contribution in [2.24, 2.45) is 0 Å². The molecule has 47 heavy (non-hydrogen) atoms. The lowest BCUT2D eigenvalue weighted by atomic mass is 9.84. The third-order valence-electron chi connectivity index (χ3n) is 7.39. The molecule has 0 radical (unpaired) electrons. The van der Waals surface area contributed by atoms with Crippen LogP contribution in [0.15, 0.2) is 91.0 Å². The van der Waals surface area contributed by atoms with Crippen molar-refractivity contribution in [1.29, 1.82) is 0 Å². The molecule has 0 aliphatic carbocycles. The van der Waals surface area contributed by atoms with Crippen LogP contribution < -0.4 is 10.6 Å². The summed E-state index contributed by atoms with van der Waals surface area (Å²) in [6, 6.07) is 30.2. The molecule has 0 fully saturated rings. The highest BCUT2D eigenvalue weighted by Gasteiger charge is 2.36. The number of nitrogens with zero attached hydrogens (tertiary/aromatic N) is 1. The minimum atomic E-state index is -1.22. The minimum absolute atomic E-state index is 0.0780. The first kappa shape index (κ1) is 37.2. The van der Waals surface area contributed by atoms with Crippen LogP contribution >= 0.6 is 11.8 Å². The van der Waals surface area contributed by atoms with Gasteiger partial charge in [-0.05, 0) is 56.1 Å². The summed E-state index contributed by atoms with van der Waals surface area (Å²) in [6.07, 6.45) is 1.36. The Morgan fingerprint density at radius 3 is 1.79 bits per heavy atom. The van der Waals surface area contributed by atoms with E-state index in [0.29, 0.717) is 6.42 Å². The second-order valence-corrected chi connectivity index (χ2v) is 13.7. The molecule has 0 spiro atoms.